The number of cyclic esters (lactones) is 1. The molecule has 2 saturated heterocycles. The number of ether oxygens (including phenoxy) is 3. The van der Waals surface area contributed by atoms with Crippen molar-refractivity contribution in [2.75, 3.05) is 0 Å². The number of rotatable bonds is 1. The van der Waals surface area contributed by atoms with Crippen molar-refractivity contribution < 1.29 is 44.2 Å². The summed E-state index contributed by atoms with van der Waals surface area (Å²) in [6.07, 6.45) is 14.4. The van der Waals surface area contributed by atoms with Gasteiger partial charge >= 0.3 is 11.9 Å². The van der Waals surface area contributed by atoms with E-state index < -0.39 is 42.0 Å². The Morgan fingerprint density at radius 3 is 2.44 bits per heavy atom. The van der Waals surface area contributed by atoms with Crippen molar-refractivity contribution in [3.8, 4) is 0 Å². The van der Waals surface area contributed by atoms with Crippen LogP contribution in [-0.4, -0.2) is 74.8 Å². The molecule has 3 heterocycles. The van der Waals surface area contributed by atoms with Crippen molar-refractivity contribution in [2.45, 2.75) is 87.9 Å². The first kappa shape index (κ1) is 28.0. The fourth-order valence-electron chi connectivity index (χ4n) is 4.53. The summed E-state index contributed by atoms with van der Waals surface area (Å²) < 4.78 is 16.6. The minimum Gasteiger partial charge on any atom is -0.481 e. The molecule has 3 aliphatic heterocycles. The summed E-state index contributed by atoms with van der Waals surface area (Å²) in [5, 5.41) is 41.6. The van der Waals surface area contributed by atoms with Crippen LogP contribution in [0.3, 0.4) is 0 Å². The van der Waals surface area contributed by atoms with E-state index in [2.05, 4.69) is 0 Å². The summed E-state index contributed by atoms with van der Waals surface area (Å²) in [4.78, 5) is 23.8. The molecule has 36 heavy (non-hydrogen) atoms. The number of hydrogen-bond donors (Lipinski definition) is 4. The molecule has 3 rings (SSSR count). The summed E-state index contributed by atoms with van der Waals surface area (Å²) in [5.74, 6) is -4.73. The van der Waals surface area contributed by atoms with E-state index in [4.69, 9.17) is 14.2 Å². The Kier molecular flexibility index (Phi) is 10.2. The van der Waals surface area contributed by atoms with E-state index in [1.807, 2.05) is 48.6 Å². The van der Waals surface area contributed by atoms with E-state index in [1.54, 1.807) is 13.0 Å². The molecule has 3 aliphatic rings. The summed E-state index contributed by atoms with van der Waals surface area (Å²) in [7, 11) is 0. The quantitative estimate of drug-likeness (QED) is 0.312. The monoisotopic (exact) mass is 504 g/mol. The summed E-state index contributed by atoms with van der Waals surface area (Å²) in [6.45, 7) is 1.81. The number of aliphatic hydroxyl groups excluding tert-OH is 2. The van der Waals surface area contributed by atoms with Crippen LogP contribution in [0, 0.1) is 5.92 Å². The molecule has 0 spiro atoms. The van der Waals surface area contributed by atoms with Crippen molar-refractivity contribution >= 4 is 11.9 Å². The first-order valence-electron chi connectivity index (χ1n) is 12.4. The van der Waals surface area contributed by atoms with Gasteiger partial charge in [-0.25, -0.2) is 4.79 Å². The van der Waals surface area contributed by atoms with Crippen LogP contribution < -0.4 is 0 Å². The number of esters is 1. The summed E-state index contributed by atoms with van der Waals surface area (Å²) in [5.41, 5.74) is 0. The normalized spacial score (nSPS) is 38.6. The highest BCUT2D eigenvalue weighted by molar-refractivity contribution is 5.82. The van der Waals surface area contributed by atoms with E-state index in [0.29, 0.717) is 12.8 Å². The van der Waals surface area contributed by atoms with Gasteiger partial charge in [0.15, 0.2) is 5.79 Å². The van der Waals surface area contributed by atoms with Gasteiger partial charge in [0.2, 0.25) is 0 Å². The van der Waals surface area contributed by atoms with Gasteiger partial charge in [-0.2, -0.15) is 0 Å². The molecule has 2 bridgehead atoms. The van der Waals surface area contributed by atoms with Crippen molar-refractivity contribution in [2.24, 2.45) is 5.92 Å². The van der Waals surface area contributed by atoms with Crippen LogP contribution in [-0.2, 0) is 23.8 Å². The molecule has 0 saturated carbocycles. The predicted molar refractivity (Wildman–Crippen MR) is 131 cm³/mol. The molecule has 8 unspecified atom stereocenters. The van der Waals surface area contributed by atoms with Gasteiger partial charge in [-0.05, 0) is 25.8 Å². The Balaban J connectivity index is 1.70. The summed E-state index contributed by atoms with van der Waals surface area (Å²) in [6, 6.07) is 0. The van der Waals surface area contributed by atoms with Crippen molar-refractivity contribution in [3.05, 3.63) is 60.8 Å². The van der Waals surface area contributed by atoms with E-state index in [1.165, 1.54) is 6.08 Å². The maximum absolute atomic E-state index is 12.0. The lowest BCUT2D eigenvalue weighted by atomic mass is 9.83. The Bertz CT molecular complexity index is 905. The highest BCUT2D eigenvalue weighted by Gasteiger charge is 2.50. The van der Waals surface area contributed by atoms with Crippen molar-refractivity contribution in [1.29, 1.82) is 0 Å². The highest BCUT2D eigenvalue weighted by atomic mass is 16.6. The second-order valence-corrected chi connectivity index (χ2v) is 9.52. The van der Waals surface area contributed by atoms with Gasteiger partial charge in [0, 0.05) is 31.8 Å². The molecule has 0 aromatic carbocycles. The predicted octanol–water partition coefficient (Wildman–Crippen LogP) is 2.33. The fourth-order valence-corrected chi connectivity index (χ4v) is 4.53. The second kappa shape index (κ2) is 13.1. The number of carboxylic acid groups (broad SMARTS) is 1. The maximum Gasteiger partial charge on any atom is 0.330 e. The summed E-state index contributed by atoms with van der Waals surface area (Å²) >= 11 is 0. The zero-order valence-corrected chi connectivity index (χ0v) is 20.4. The van der Waals surface area contributed by atoms with E-state index in [-0.39, 0.29) is 44.0 Å². The molecule has 0 aromatic rings. The van der Waals surface area contributed by atoms with E-state index in [0.717, 1.165) is 0 Å². The van der Waals surface area contributed by atoms with Crippen molar-refractivity contribution in [1.82, 2.24) is 0 Å². The van der Waals surface area contributed by atoms with Crippen LogP contribution in [0.1, 0.15) is 45.4 Å². The third kappa shape index (κ3) is 8.83. The molecule has 0 amide bonds. The van der Waals surface area contributed by atoms with Crippen molar-refractivity contribution in [3.63, 3.8) is 0 Å². The van der Waals surface area contributed by atoms with E-state index in [9.17, 15) is 30.0 Å². The third-order valence-electron chi connectivity index (χ3n) is 6.33. The van der Waals surface area contributed by atoms with Gasteiger partial charge in [-0.3, -0.25) is 4.79 Å². The van der Waals surface area contributed by atoms with Crippen LogP contribution in [0.25, 0.3) is 0 Å². The Morgan fingerprint density at radius 1 is 1.03 bits per heavy atom. The number of fused-ring (bicyclic) bond motifs is 3. The van der Waals surface area contributed by atoms with Crippen LogP contribution >= 0.6 is 0 Å². The second-order valence-electron chi connectivity index (χ2n) is 9.52. The molecule has 2 fully saturated rings. The topological polar surface area (TPSA) is 146 Å². The van der Waals surface area contributed by atoms with Gasteiger partial charge in [0.25, 0.3) is 0 Å². The number of allylic oxidation sites excluding steroid dienone is 7. The first-order valence-corrected chi connectivity index (χ1v) is 12.4. The Hall–Kier alpha value is -2.56. The molecule has 0 aliphatic carbocycles. The smallest absolute Gasteiger partial charge is 0.330 e. The lowest BCUT2D eigenvalue weighted by Gasteiger charge is -2.43. The van der Waals surface area contributed by atoms with Crippen LogP contribution in [0.15, 0.2) is 60.8 Å². The number of carboxylic acids is 1. The largest absolute Gasteiger partial charge is 0.481 e. The lowest BCUT2D eigenvalue weighted by molar-refractivity contribution is -0.297. The number of carbonyl (C=O) groups excluding carboxylic acids is 1. The third-order valence-corrected chi connectivity index (χ3v) is 6.33. The molecule has 0 aromatic heterocycles. The highest BCUT2D eigenvalue weighted by Crippen LogP contribution is 2.38. The molecule has 9 heteroatoms. The van der Waals surface area contributed by atoms with Gasteiger partial charge in [-0.15, -0.1) is 0 Å². The van der Waals surface area contributed by atoms with Gasteiger partial charge in [-0.1, -0.05) is 48.6 Å². The number of aliphatic carboxylic acids is 1. The minimum absolute atomic E-state index is 0.183. The molecule has 8 atom stereocenters. The molecule has 9 nitrogen and oxygen atoms in total. The zero-order chi connectivity index (χ0) is 26.1. The molecule has 198 valence electrons. The first-order chi connectivity index (χ1) is 17.2. The zero-order valence-electron chi connectivity index (χ0n) is 20.4. The molecule has 0 radical (unpaired) electrons. The van der Waals surface area contributed by atoms with Crippen LogP contribution in [0.4, 0.5) is 0 Å². The van der Waals surface area contributed by atoms with E-state index >= 15 is 0 Å². The number of hydrogen-bond acceptors (Lipinski definition) is 8. The Labute approximate surface area is 211 Å². The lowest BCUT2D eigenvalue weighted by Crippen LogP contribution is -2.55. The maximum atomic E-state index is 12.0. The SMILES string of the molecule is CC1CC=CC=CC=CC=CCCC2OC(O)(CC(O)CC3OC3C=CC(=O)O1)CC(O)C2C(=O)O. The van der Waals surface area contributed by atoms with Crippen LogP contribution in [0.2, 0.25) is 0 Å². The van der Waals surface area contributed by atoms with Crippen LogP contribution in [0.5, 0.6) is 0 Å². The molecular weight excluding hydrogens is 468 g/mol. The molecular formula is C27H36O9. The number of epoxide rings is 1. The molecule has 4 N–H and O–H groups in total. The minimum atomic E-state index is -1.87. The fraction of sp³-hybridized carbons (Fsp3) is 0.556. The number of aliphatic hydroxyl groups is 3. The van der Waals surface area contributed by atoms with Gasteiger partial charge < -0.3 is 34.6 Å². The van der Waals surface area contributed by atoms with Gasteiger partial charge in [0.1, 0.15) is 18.1 Å². The number of carbonyl (C=O) groups is 2. The average molecular weight is 505 g/mol. The Morgan fingerprint density at radius 2 is 1.72 bits per heavy atom. The average Bonchev–Trinajstić information content (AvgIpc) is 3.51. The standard InChI is InChI=1S/C27H36O9/c1-18-11-9-7-5-3-2-4-6-8-10-12-22-25(26(31)32)20(29)17-27(33,36-22)16-19(28)15-23-21(35-23)13-14-24(30)34-18/h2-9,13-14,18-23,25,28-29,33H,10-12,15-17H2,1H3,(H,31,32). The van der Waals surface area contributed by atoms with Gasteiger partial charge in [0.05, 0.1) is 24.4 Å².